The topological polar surface area (TPSA) is 82.3 Å². The Morgan fingerprint density at radius 1 is 0.920 bits per heavy atom. The molecule has 0 aliphatic heterocycles. The van der Waals surface area contributed by atoms with E-state index >= 15 is 0 Å². The first kappa shape index (κ1) is 16.5. The molecule has 3 rings (SSSR count). The monoisotopic (exact) mass is 339 g/mol. The van der Waals surface area contributed by atoms with Gasteiger partial charge >= 0.3 is 11.7 Å². The minimum absolute atomic E-state index is 0.147. The fraction of sp³-hybridized carbons (Fsp3) is 0.167. The summed E-state index contributed by atoms with van der Waals surface area (Å²) in [4.78, 5) is 35.8. The number of nitrogens with one attached hydrogen (secondary N) is 1. The number of methoxy groups -OCH3 is 1. The number of imidazole rings is 1. The van der Waals surface area contributed by atoms with Gasteiger partial charge in [-0.3, -0.25) is 13.9 Å². The third-order valence-electron chi connectivity index (χ3n) is 4.10. The summed E-state index contributed by atoms with van der Waals surface area (Å²) >= 11 is 0. The molecule has 1 N–H and O–H groups in total. The second kappa shape index (κ2) is 6.27. The van der Waals surface area contributed by atoms with E-state index in [4.69, 9.17) is 0 Å². The highest BCUT2D eigenvalue weighted by atomic mass is 16.5. The molecule has 0 atom stereocenters. The summed E-state index contributed by atoms with van der Waals surface area (Å²) in [7, 11) is 4.66. The fourth-order valence-corrected chi connectivity index (χ4v) is 2.66. The minimum atomic E-state index is -0.437. The zero-order valence-electron chi connectivity index (χ0n) is 14.1. The van der Waals surface area contributed by atoms with Crippen molar-refractivity contribution in [3.05, 3.63) is 64.1 Å². The van der Waals surface area contributed by atoms with Gasteiger partial charge in [0.05, 0.1) is 23.7 Å². The van der Waals surface area contributed by atoms with Gasteiger partial charge in [-0.25, -0.2) is 9.59 Å². The van der Waals surface area contributed by atoms with Crippen molar-refractivity contribution in [2.75, 3.05) is 12.4 Å². The highest BCUT2D eigenvalue weighted by molar-refractivity contribution is 6.06. The SMILES string of the molecule is COC(=O)c1ccc(NC(=O)c2ccc3c(c2)n(C)c(=O)n3C)cc1. The second-order valence-electron chi connectivity index (χ2n) is 5.63. The maximum absolute atomic E-state index is 12.4. The van der Waals surface area contributed by atoms with E-state index < -0.39 is 5.97 Å². The van der Waals surface area contributed by atoms with Crippen LogP contribution in [-0.4, -0.2) is 28.1 Å². The van der Waals surface area contributed by atoms with E-state index in [1.165, 1.54) is 16.2 Å². The molecule has 0 aliphatic rings. The average molecular weight is 339 g/mol. The summed E-state index contributed by atoms with van der Waals surface area (Å²) in [5, 5.41) is 2.76. The van der Waals surface area contributed by atoms with Gasteiger partial charge in [0.1, 0.15) is 0 Å². The Balaban J connectivity index is 1.86. The quantitative estimate of drug-likeness (QED) is 0.739. The van der Waals surface area contributed by atoms with Crippen LogP contribution in [0.2, 0.25) is 0 Å². The van der Waals surface area contributed by atoms with Crippen LogP contribution in [0.5, 0.6) is 0 Å². The van der Waals surface area contributed by atoms with Crippen molar-refractivity contribution in [2.24, 2.45) is 14.1 Å². The van der Waals surface area contributed by atoms with E-state index in [2.05, 4.69) is 10.1 Å². The number of fused-ring (bicyclic) bond motifs is 1. The molecule has 128 valence electrons. The van der Waals surface area contributed by atoms with Crippen LogP contribution >= 0.6 is 0 Å². The number of benzene rings is 2. The van der Waals surface area contributed by atoms with Crippen LogP contribution in [0, 0.1) is 0 Å². The molecular weight excluding hydrogens is 322 g/mol. The predicted molar refractivity (Wildman–Crippen MR) is 93.9 cm³/mol. The lowest BCUT2D eigenvalue weighted by molar-refractivity contribution is 0.0600. The van der Waals surface area contributed by atoms with Gasteiger partial charge in [-0.05, 0) is 42.5 Å². The van der Waals surface area contributed by atoms with E-state index in [9.17, 15) is 14.4 Å². The van der Waals surface area contributed by atoms with Crippen LogP contribution in [0.15, 0.2) is 47.3 Å². The largest absolute Gasteiger partial charge is 0.465 e. The fourth-order valence-electron chi connectivity index (χ4n) is 2.66. The number of hydrogen-bond acceptors (Lipinski definition) is 4. The zero-order chi connectivity index (χ0) is 18.1. The molecule has 0 aliphatic carbocycles. The molecule has 1 amide bonds. The van der Waals surface area contributed by atoms with Gasteiger partial charge in [-0.15, -0.1) is 0 Å². The lowest BCUT2D eigenvalue weighted by Crippen LogP contribution is -2.19. The molecule has 2 aromatic carbocycles. The molecular formula is C18H17N3O4. The molecule has 0 bridgehead atoms. The van der Waals surface area contributed by atoms with E-state index in [1.807, 2.05) is 0 Å². The number of ether oxygens (including phenoxy) is 1. The minimum Gasteiger partial charge on any atom is -0.465 e. The van der Waals surface area contributed by atoms with Crippen LogP contribution in [-0.2, 0) is 18.8 Å². The molecule has 0 unspecified atom stereocenters. The van der Waals surface area contributed by atoms with Crippen molar-refractivity contribution in [1.82, 2.24) is 9.13 Å². The number of carbonyl (C=O) groups excluding carboxylic acids is 2. The molecule has 25 heavy (non-hydrogen) atoms. The molecule has 3 aromatic rings. The first-order valence-corrected chi connectivity index (χ1v) is 7.57. The highest BCUT2D eigenvalue weighted by Crippen LogP contribution is 2.16. The Labute approximate surface area is 143 Å². The molecule has 7 heteroatoms. The van der Waals surface area contributed by atoms with Gasteiger partial charge < -0.3 is 10.1 Å². The predicted octanol–water partition coefficient (Wildman–Crippen LogP) is 1.92. The summed E-state index contributed by atoms with van der Waals surface area (Å²) in [6.45, 7) is 0. The van der Waals surface area contributed by atoms with Crippen molar-refractivity contribution < 1.29 is 14.3 Å². The van der Waals surface area contributed by atoms with Crippen LogP contribution in [0.4, 0.5) is 5.69 Å². The van der Waals surface area contributed by atoms with Crippen LogP contribution in [0.3, 0.4) is 0 Å². The number of anilines is 1. The Hall–Kier alpha value is -3.35. The van der Waals surface area contributed by atoms with E-state index in [0.717, 1.165) is 5.52 Å². The summed E-state index contributed by atoms with van der Waals surface area (Å²) < 4.78 is 7.66. The molecule has 0 saturated heterocycles. The first-order valence-electron chi connectivity index (χ1n) is 7.57. The van der Waals surface area contributed by atoms with Gasteiger partial charge in [0.25, 0.3) is 5.91 Å². The number of carbonyl (C=O) groups is 2. The van der Waals surface area contributed by atoms with Crippen molar-refractivity contribution in [1.29, 1.82) is 0 Å². The van der Waals surface area contributed by atoms with Crippen LogP contribution in [0.25, 0.3) is 11.0 Å². The molecule has 0 radical (unpaired) electrons. The van der Waals surface area contributed by atoms with Crippen LogP contribution in [0.1, 0.15) is 20.7 Å². The summed E-state index contributed by atoms with van der Waals surface area (Å²) in [6.07, 6.45) is 0. The highest BCUT2D eigenvalue weighted by Gasteiger charge is 2.12. The third-order valence-corrected chi connectivity index (χ3v) is 4.10. The van der Waals surface area contributed by atoms with E-state index in [1.54, 1.807) is 56.6 Å². The van der Waals surface area contributed by atoms with Crippen LogP contribution < -0.4 is 11.0 Å². The number of amides is 1. The lowest BCUT2D eigenvalue weighted by Gasteiger charge is -2.07. The average Bonchev–Trinajstić information content (AvgIpc) is 2.85. The molecule has 7 nitrogen and oxygen atoms in total. The Bertz CT molecular complexity index is 1030. The Morgan fingerprint density at radius 2 is 1.52 bits per heavy atom. The number of rotatable bonds is 3. The summed E-state index contributed by atoms with van der Waals surface area (Å²) in [6, 6.07) is 11.5. The summed E-state index contributed by atoms with van der Waals surface area (Å²) in [5.74, 6) is -0.739. The van der Waals surface area contributed by atoms with Crippen molar-refractivity contribution in [3.63, 3.8) is 0 Å². The maximum Gasteiger partial charge on any atom is 0.337 e. The number of nitrogens with zero attached hydrogens (tertiary/aromatic N) is 2. The standard InChI is InChI=1S/C18H17N3O4/c1-20-14-9-6-12(10-15(14)21(2)18(20)24)16(22)19-13-7-4-11(5-8-13)17(23)25-3/h4-10H,1-3H3,(H,19,22). The normalized spacial score (nSPS) is 10.7. The number of hydrogen-bond donors (Lipinski definition) is 1. The van der Waals surface area contributed by atoms with Crippen molar-refractivity contribution in [2.45, 2.75) is 0 Å². The van der Waals surface area contributed by atoms with Gasteiger partial charge in [0, 0.05) is 25.3 Å². The lowest BCUT2D eigenvalue weighted by atomic mass is 10.1. The number of aryl methyl sites for hydroxylation is 2. The molecule has 0 saturated carbocycles. The zero-order valence-corrected chi connectivity index (χ0v) is 14.1. The van der Waals surface area contributed by atoms with Crippen molar-refractivity contribution in [3.8, 4) is 0 Å². The van der Waals surface area contributed by atoms with Gasteiger partial charge in [-0.1, -0.05) is 0 Å². The molecule has 1 heterocycles. The van der Waals surface area contributed by atoms with Crippen molar-refractivity contribution >= 4 is 28.6 Å². The summed E-state index contributed by atoms with van der Waals surface area (Å²) in [5.41, 5.74) is 2.69. The van der Waals surface area contributed by atoms with Gasteiger partial charge in [-0.2, -0.15) is 0 Å². The Kier molecular flexibility index (Phi) is 4.14. The molecule has 0 spiro atoms. The van der Waals surface area contributed by atoms with E-state index in [-0.39, 0.29) is 11.6 Å². The molecule has 0 fully saturated rings. The van der Waals surface area contributed by atoms with Gasteiger partial charge in [0.2, 0.25) is 0 Å². The Morgan fingerprint density at radius 3 is 2.16 bits per heavy atom. The number of esters is 1. The van der Waals surface area contributed by atoms with Gasteiger partial charge in [0.15, 0.2) is 0 Å². The first-order chi connectivity index (χ1) is 11.9. The smallest absolute Gasteiger partial charge is 0.337 e. The second-order valence-corrected chi connectivity index (χ2v) is 5.63. The maximum atomic E-state index is 12.4. The molecule has 1 aromatic heterocycles. The van der Waals surface area contributed by atoms with E-state index in [0.29, 0.717) is 22.3 Å². The third kappa shape index (κ3) is 2.91. The number of aromatic nitrogens is 2.